The van der Waals surface area contributed by atoms with Crippen LogP contribution in [-0.4, -0.2) is 41.5 Å². The predicted molar refractivity (Wildman–Crippen MR) is 73.7 cm³/mol. The second kappa shape index (κ2) is 4.39. The van der Waals surface area contributed by atoms with Crippen LogP contribution in [0.25, 0.3) is 0 Å². The number of rotatable bonds is 2. The summed E-state index contributed by atoms with van der Waals surface area (Å²) >= 11 is 4.83. The number of carbonyl (C=O) groups is 1. The highest BCUT2D eigenvalue weighted by atomic mass is 32.2. The van der Waals surface area contributed by atoms with Gasteiger partial charge in [-0.05, 0) is 19.1 Å². The summed E-state index contributed by atoms with van der Waals surface area (Å²) in [4.78, 5) is 12.7. The van der Waals surface area contributed by atoms with Gasteiger partial charge in [-0.3, -0.25) is 10.3 Å². The molecular weight excluding hydrogens is 286 g/mol. The quantitative estimate of drug-likeness (QED) is 0.836. The van der Waals surface area contributed by atoms with Crippen LogP contribution in [0.15, 0.2) is 29.2 Å². The van der Waals surface area contributed by atoms with E-state index in [-0.39, 0.29) is 9.88 Å². The lowest BCUT2D eigenvalue weighted by Crippen LogP contribution is -2.37. The number of hydrogen-bond donors (Lipinski definition) is 1. The maximum Gasteiger partial charge on any atom is 0.345 e. The lowest BCUT2D eigenvalue weighted by molar-refractivity contribution is 0.224. The number of thiocarbonyl (C=S) groups is 1. The summed E-state index contributed by atoms with van der Waals surface area (Å²) in [6.45, 7) is 1.82. The molecule has 0 aliphatic carbocycles. The lowest BCUT2D eigenvalue weighted by atomic mass is 10.2. The molecule has 8 heteroatoms. The van der Waals surface area contributed by atoms with Gasteiger partial charge in [0.25, 0.3) is 10.0 Å². The number of nitrogens with one attached hydrogen (secondary N) is 1. The van der Waals surface area contributed by atoms with Crippen molar-refractivity contribution in [2.24, 2.45) is 0 Å². The van der Waals surface area contributed by atoms with E-state index >= 15 is 0 Å². The van der Waals surface area contributed by atoms with Gasteiger partial charge in [-0.2, -0.15) is 4.31 Å². The fourth-order valence-corrected chi connectivity index (χ4v) is 3.18. The van der Waals surface area contributed by atoms with Gasteiger partial charge >= 0.3 is 6.03 Å². The Morgan fingerprint density at radius 1 is 1.21 bits per heavy atom. The van der Waals surface area contributed by atoms with E-state index < -0.39 is 21.9 Å². The number of carbonyl (C=O) groups excluding carboxylic acids is 1. The van der Waals surface area contributed by atoms with E-state index in [9.17, 15) is 13.2 Å². The third-order valence-electron chi connectivity index (χ3n) is 2.73. The van der Waals surface area contributed by atoms with Crippen molar-refractivity contribution in [3.63, 3.8) is 0 Å². The Bertz CT molecular complexity index is 680. The first-order valence-electron chi connectivity index (χ1n) is 5.29. The average molecular weight is 297 g/mol. The molecule has 0 radical (unpaired) electrons. The Balaban J connectivity index is 2.52. The van der Waals surface area contributed by atoms with Crippen molar-refractivity contribution in [2.45, 2.75) is 11.8 Å². The minimum absolute atomic E-state index is 0.0469. The molecule has 1 N–H and O–H groups in total. The van der Waals surface area contributed by atoms with Crippen LogP contribution >= 0.6 is 12.2 Å². The van der Waals surface area contributed by atoms with Gasteiger partial charge in [-0.25, -0.2) is 13.2 Å². The molecule has 1 aromatic rings. The Hall–Kier alpha value is -1.80. The lowest BCUT2D eigenvalue weighted by Gasteiger charge is -2.15. The molecule has 1 aliphatic heterocycles. The van der Waals surface area contributed by atoms with E-state index in [1.807, 2.05) is 6.92 Å². The van der Waals surface area contributed by atoms with Crippen molar-refractivity contribution < 1.29 is 13.2 Å². The molecule has 1 heterocycles. The van der Waals surface area contributed by atoms with E-state index in [0.29, 0.717) is 4.31 Å². The number of aryl methyl sites for hydroxylation is 1. The number of likely N-dealkylation sites (N-methyl/N-ethyl adjacent to an activating group) is 1. The third-order valence-corrected chi connectivity index (χ3v) is 4.88. The highest BCUT2D eigenvalue weighted by Crippen LogP contribution is 2.22. The molecular formula is C11H11N3O3S2. The van der Waals surface area contributed by atoms with Gasteiger partial charge in [-0.15, -0.1) is 0 Å². The first-order chi connectivity index (χ1) is 8.76. The molecule has 1 aromatic carbocycles. The Kier molecular flexibility index (Phi) is 3.15. The van der Waals surface area contributed by atoms with E-state index in [2.05, 4.69) is 0 Å². The van der Waals surface area contributed by atoms with Crippen molar-refractivity contribution in [3.05, 3.63) is 29.8 Å². The standard InChI is InChI=1S/C11H11N3O3S2/c1-7-3-5-8(6-4-7)19(16,17)14-9(12)10(18)13(2)11(14)15/h3-6,12H,1-2H3. The molecule has 0 bridgehead atoms. The summed E-state index contributed by atoms with van der Waals surface area (Å²) in [6.07, 6.45) is 0. The van der Waals surface area contributed by atoms with Crippen molar-refractivity contribution in [2.75, 3.05) is 7.05 Å². The number of benzene rings is 1. The molecule has 1 fully saturated rings. The summed E-state index contributed by atoms with van der Waals surface area (Å²) in [5, 5.41) is 7.66. The van der Waals surface area contributed by atoms with Crippen LogP contribution < -0.4 is 0 Å². The van der Waals surface area contributed by atoms with Gasteiger partial charge in [0.1, 0.15) is 0 Å². The fraction of sp³-hybridized carbons (Fsp3) is 0.182. The first kappa shape index (κ1) is 13.6. The minimum atomic E-state index is -4.09. The number of nitrogens with zero attached hydrogens (tertiary/aromatic N) is 2. The smallest absolute Gasteiger partial charge is 0.284 e. The number of sulfonamides is 1. The molecule has 6 nitrogen and oxygen atoms in total. The topological polar surface area (TPSA) is 81.5 Å². The van der Waals surface area contributed by atoms with Gasteiger partial charge in [-0.1, -0.05) is 29.9 Å². The van der Waals surface area contributed by atoms with Crippen molar-refractivity contribution in [1.82, 2.24) is 9.21 Å². The van der Waals surface area contributed by atoms with E-state index in [4.69, 9.17) is 17.6 Å². The average Bonchev–Trinajstić information content (AvgIpc) is 2.54. The molecule has 0 atom stereocenters. The van der Waals surface area contributed by atoms with Gasteiger partial charge in [0.15, 0.2) is 10.8 Å². The zero-order valence-electron chi connectivity index (χ0n) is 10.2. The maximum absolute atomic E-state index is 12.3. The van der Waals surface area contributed by atoms with E-state index in [0.717, 1.165) is 10.5 Å². The fourth-order valence-electron chi connectivity index (χ4n) is 1.60. The largest absolute Gasteiger partial charge is 0.345 e. The van der Waals surface area contributed by atoms with Gasteiger partial charge in [0, 0.05) is 7.05 Å². The monoisotopic (exact) mass is 297 g/mol. The zero-order chi connectivity index (χ0) is 14.4. The zero-order valence-corrected chi connectivity index (χ0v) is 11.9. The van der Waals surface area contributed by atoms with Gasteiger partial charge in [0.2, 0.25) is 0 Å². The number of amides is 2. The van der Waals surface area contributed by atoms with Crippen LogP contribution in [0.3, 0.4) is 0 Å². The van der Waals surface area contributed by atoms with Crippen LogP contribution in [-0.2, 0) is 10.0 Å². The molecule has 0 saturated carbocycles. The highest BCUT2D eigenvalue weighted by Gasteiger charge is 2.44. The molecule has 100 valence electrons. The molecule has 0 aromatic heterocycles. The molecule has 2 rings (SSSR count). The van der Waals surface area contributed by atoms with Gasteiger partial charge < -0.3 is 0 Å². The van der Waals surface area contributed by atoms with Gasteiger partial charge in [0.05, 0.1) is 4.90 Å². The third kappa shape index (κ3) is 2.02. The number of urea groups is 1. The summed E-state index contributed by atoms with van der Waals surface area (Å²) in [7, 11) is -2.75. The first-order valence-corrected chi connectivity index (χ1v) is 7.14. The molecule has 0 spiro atoms. The maximum atomic E-state index is 12.3. The Morgan fingerprint density at radius 3 is 2.16 bits per heavy atom. The van der Waals surface area contributed by atoms with E-state index in [1.165, 1.54) is 19.2 Å². The molecule has 19 heavy (non-hydrogen) atoms. The molecule has 2 amide bonds. The van der Waals surface area contributed by atoms with Crippen LogP contribution in [0, 0.1) is 12.3 Å². The predicted octanol–water partition coefficient (Wildman–Crippen LogP) is 1.36. The SMILES string of the molecule is Cc1ccc(S(=O)(=O)N2C(=N)C(=S)N(C)C2=O)cc1. The minimum Gasteiger partial charge on any atom is -0.284 e. The molecule has 1 aliphatic rings. The van der Waals surface area contributed by atoms with Crippen molar-refractivity contribution in [1.29, 1.82) is 5.41 Å². The molecule has 0 unspecified atom stereocenters. The van der Waals surface area contributed by atoms with Crippen LogP contribution in [0.1, 0.15) is 5.56 Å². The van der Waals surface area contributed by atoms with Crippen molar-refractivity contribution >= 4 is 39.1 Å². The Labute approximate surface area is 116 Å². The Morgan fingerprint density at radius 2 is 1.74 bits per heavy atom. The highest BCUT2D eigenvalue weighted by molar-refractivity contribution is 7.91. The summed E-state index contributed by atoms with van der Waals surface area (Å²) in [5.74, 6) is -0.497. The van der Waals surface area contributed by atoms with Crippen LogP contribution in [0.5, 0.6) is 0 Å². The van der Waals surface area contributed by atoms with E-state index in [1.54, 1.807) is 12.1 Å². The normalized spacial score (nSPS) is 16.4. The second-order valence-corrected chi connectivity index (χ2v) is 6.25. The van der Waals surface area contributed by atoms with Crippen LogP contribution in [0.4, 0.5) is 4.79 Å². The number of amidine groups is 1. The number of hydrogen-bond acceptors (Lipinski definition) is 5. The second-order valence-electron chi connectivity index (χ2n) is 4.08. The van der Waals surface area contributed by atoms with Crippen molar-refractivity contribution in [3.8, 4) is 0 Å². The van der Waals surface area contributed by atoms with Crippen LogP contribution in [0.2, 0.25) is 0 Å². The molecule has 1 saturated heterocycles. The summed E-state index contributed by atoms with van der Waals surface area (Å²) in [6, 6.07) is 5.20. The summed E-state index contributed by atoms with van der Waals surface area (Å²) in [5.41, 5.74) is 0.898. The summed E-state index contributed by atoms with van der Waals surface area (Å²) < 4.78 is 25.1.